The Morgan fingerprint density at radius 2 is 1.84 bits per heavy atom. The van der Waals surface area contributed by atoms with E-state index in [4.69, 9.17) is 10.1 Å². The lowest BCUT2D eigenvalue weighted by Crippen LogP contribution is -2.50. The van der Waals surface area contributed by atoms with Gasteiger partial charge >= 0.3 is 0 Å². The summed E-state index contributed by atoms with van der Waals surface area (Å²) in [6, 6.07) is 16.2. The smallest absolute Gasteiger partial charge is 0.276 e. The minimum Gasteiger partial charge on any atom is -0.372 e. The van der Waals surface area contributed by atoms with Crippen LogP contribution in [0.3, 0.4) is 0 Å². The summed E-state index contributed by atoms with van der Waals surface area (Å²) in [5, 5.41) is 11.6. The Labute approximate surface area is 193 Å². The van der Waals surface area contributed by atoms with E-state index < -0.39 is 6.17 Å². The molecule has 2 aromatic carbocycles. The molecule has 1 atom stereocenters. The zero-order valence-corrected chi connectivity index (χ0v) is 19.4. The van der Waals surface area contributed by atoms with Crippen LogP contribution in [0.15, 0.2) is 71.3 Å². The quantitative estimate of drug-likeness (QED) is 0.631. The van der Waals surface area contributed by atoms with Gasteiger partial charge in [-0.25, -0.2) is 5.01 Å². The number of hydrazone groups is 1. The van der Waals surface area contributed by atoms with E-state index in [2.05, 4.69) is 54.9 Å². The number of carbonyl (C=O) groups is 1. The van der Waals surface area contributed by atoms with Gasteiger partial charge in [0, 0.05) is 29.7 Å². The predicted octanol–water partition coefficient (Wildman–Crippen LogP) is 3.38. The van der Waals surface area contributed by atoms with Gasteiger partial charge in [0.25, 0.3) is 5.91 Å². The SMILES string of the molecule is C=CCSC1=NN2C(=c3ccccc3=N[C@H]2c2ccc(N(CCC)CCC)cc2)C(=O)N1. The van der Waals surface area contributed by atoms with Crippen LogP contribution in [0.5, 0.6) is 0 Å². The predicted molar refractivity (Wildman–Crippen MR) is 133 cm³/mol. The van der Waals surface area contributed by atoms with Crippen molar-refractivity contribution in [2.45, 2.75) is 32.9 Å². The van der Waals surface area contributed by atoms with Crippen molar-refractivity contribution in [1.29, 1.82) is 0 Å². The normalized spacial score (nSPS) is 17.0. The molecule has 1 N–H and O–H groups in total. The van der Waals surface area contributed by atoms with E-state index in [0.29, 0.717) is 16.6 Å². The molecule has 4 rings (SSSR count). The summed E-state index contributed by atoms with van der Waals surface area (Å²) in [7, 11) is 0. The Bertz CT molecular complexity index is 1140. The van der Waals surface area contributed by atoms with Gasteiger partial charge in [-0.3, -0.25) is 15.1 Å². The van der Waals surface area contributed by atoms with E-state index in [1.54, 1.807) is 11.1 Å². The van der Waals surface area contributed by atoms with Gasteiger partial charge in [0.2, 0.25) is 0 Å². The topological polar surface area (TPSA) is 60.3 Å². The molecule has 0 fully saturated rings. The fraction of sp³-hybridized carbons (Fsp3) is 0.320. The summed E-state index contributed by atoms with van der Waals surface area (Å²) in [5.74, 6) is 0.507. The van der Waals surface area contributed by atoms with E-state index in [1.807, 2.05) is 24.3 Å². The van der Waals surface area contributed by atoms with Gasteiger partial charge in [-0.15, -0.1) is 11.7 Å². The zero-order chi connectivity index (χ0) is 22.5. The average molecular weight is 448 g/mol. The number of hydrogen-bond acceptors (Lipinski definition) is 6. The first-order valence-electron chi connectivity index (χ1n) is 11.1. The van der Waals surface area contributed by atoms with Gasteiger partial charge in [-0.2, -0.15) is 0 Å². The molecular weight excluding hydrogens is 418 g/mol. The second-order valence-corrected chi connectivity index (χ2v) is 8.76. The van der Waals surface area contributed by atoms with Gasteiger partial charge in [0.15, 0.2) is 11.3 Å². The van der Waals surface area contributed by atoms with Crippen LogP contribution < -0.4 is 20.8 Å². The number of thioether (sulfide) groups is 1. The maximum absolute atomic E-state index is 13.1. The Morgan fingerprint density at radius 1 is 1.12 bits per heavy atom. The lowest BCUT2D eigenvalue weighted by Gasteiger charge is -2.34. The summed E-state index contributed by atoms with van der Waals surface area (Å²) >= 11 is 1.45. The van der Waals surface area contributed by atoms with Crippen LogP contribution in [0, 0.1) is 0 Å². The number of nitrogens with zero attached hydrogens (tertiary/aromatic N) is 4. The molecule has 0 aliphatic carbocycles. The average Bonchev–Trinajstić information content (AvgIpc) is 2.82. The molecule has 0 saturated heterocycles. The van der Waals surface area contributed by atoms with Gasteiger partial charge in [0.05, 0.1) is 5.36 Å². The molecule has 7 heteroatoms. The van der Waals surface area contributed by atoms with Crippen molar-refractivity contribution in [2.75, 3.05) is 23.7 Å². The van der Waals surface area contributed by atoms with Crippen molar-refractivity contribution in [2.24, 2.45) is 10.1 Å². The number of benzene rings is 2. The number of amidine groups is 1. The van der Waals surface area contributed by atoms with Crippen molar-refractivity contribution in [3.05, 3.63) is 77.3 Å². The number of para-hydroxylation sites is 1. The number of nitrogens with one attached hydrogen (secondary N) is 1. The molecule has 6 nitrogen and oxygen atoms in total. The number of amides is 1. The van der Waals surface area contributed by atoms with E-state index in [1.165, 1.54) is 17.4 Å². The molecule has 2 heterocycles. The fourth-order valence-corrected chi connectivity index (χ4v) is 4.60. The molecule has 0 saturated carbocycles. The third-order valence-electron chi connectivity index (χ3n) is 5.40. The van der Waals surface area contributed by atoms with Crippen LogP contribution in [0.1, 0.15) is 38.4 Å². The Kier molecular flexibility index (Phi) is 6.95. The van der Waals surface area contributed by atoms with Crippen molar-refractivity contribution in [1.82, 2.24) is 10.3 Å². The van der Waals surface area contributed by atoms with Crippen molar-refractivity contribution in [3.8, 4) is 0 Å². The van der Waals surface area contributed by atoms with Crippen LogP contribution in [0.25, 0.3) is 5.70 Å². The molecule has 0 aromatic heterocycles. The minimum atomic E-state index is -0.398. The van der Waals surface area contributed by atoms with Crippen molar-refractivity contribution >= 4 is 34.2 Å². The Balaban J connectivity index is 1.75. The van der Waals surface area contributed by atoms with Crippen molar-refractivity contribution < 1.29 is 4.79 Å². The summed E-state index contributed by atoms with van der Waals surface area (Å²) in [5.41, 5.74) is 2.74. The van der Waals surface area contributed by atoms with Crippen LogP contribution in [0.4, 0.5) is 5.69 Å². The van der Waals surface area contributed by atoms with Crippen LogP contribution in [-0.4, -0.2) is 34.9 Å². The maximum Gasteiger partial charge on any atom is 0.276 e. The molecule has 166 valence electrons. The second kappa shape index (κ2) is 10.0. The highest BCUT2D eigenvalue weighted by molar-refractivity contribution is 8.14. The van der Waals surface area contributed by atoms with Gasteiger partial charge in [-0.1, -0.05) is 62.0 Å². The Hall–Kier alpha value is -3.06. The van der Waals surface area contributed by atoms with Crippen LogP contribution >= 0.6 is 11.8 Å². The molecule has 2 aromatic rings. The molecule has 32 heavy (non-hydrogen) atoms. The molecule has 0 spiro atoms. The maximum atomic E-state index is 13.1. The molecule has 0 bridgehead atoms. The monoisotopic (exact) mass is 447 g/mol. The van der Waals surface area contributed by atoms with E-state index >= 15 is 0 Å². The second-order valence-electron chi connectivity index (χ2n) is 7.75. The summed E-state index contributed by atoms with van der Waals surface area (Å²) in [4.78, 5) is 20.5. The van der Waals surface area contributed by atoms with E-state index in [0.717, 1.165) is 42.1 Å². The van der Waals surface area contributed by atoms with Crippen molar-refractivity contribution in [3.63, 3.8) is 0 Å². The molecule has 0 radical (unpaired) electrons. The molecule has 2 aliphatic rings. The number of carbonyl (C=O) groups excluding carboxylic acids is 1. The first-order chi connectivity index (χ1) is 15.7. The largest absolute Gasteiger partial charge is 0.372 e. The number of fused-ring (bicyclic) bond motifs is 2. The number of rotatable bonds is 8. The lowest BCUT2D eigenvalue weighted by atomic mass is 10.1. The first-order valence-corrected chi connectivity index (χ1v) is 12.1. The molecule has 1 amide bonds. The zero-order valence-electron chi connectivity index (χ0n) is 18.6. The highest BCUT2D eigenvalue weighted by Crippen LogP contribution is 2.31. The first kappa shape index (κ1) is 22.1. The number of hydrogen-bond donors (Lipinski definition) is 1. The van der Waals surface area contributed by atoms with Gasteiger partial charge < -0.3 is 4.90 Å². The minimum absolute atomic E-state index is 0.160. The molecule has 2 aliphatic heterocycles. The summed E-state index contributed by atoms with van der Waals surface area (Å²) in [6.45, 7) is 10.2. The Morgan fingerprint density at radius 3 is 2.53 bits per heavy atom. The highest BCUT2D eigenvalue weighted by atomic mass is 32.2. The molecule has 0 unspecified atom stereocenters. The van der Waals surface area contributed by atoms with Gasteiger partial charge in [0.1, 0.15) is 5.70 Å². The fourth-order valence-electron chi connectivity index (χ4n) is 4.01. The third kappa shape index (κ3) is 4.43. The number of anilines is 1. The standard InChI is InChI=1S/C25H29N5OS/c1-4-15-29(16-5-2)19-13-11-18(12-14-19)23-26-21-10-8-7-9-20(21)22-24(31)27-25(28-30(22)23)32-17-6-3/h6-14,23H,3-5,15-17H2,1-2H3,(H,27,28,31)/t23-/m1/s1. The summed E-state index contributed by atoms with van der Waals surface area (Å²) < 4.78 is 0. The van der Waals surface area contributed by atoms with Crippen LogP contribution in [-0.2, 0) is 4.79 Å². The highest BCUT2D eigenvalue weighted by Gasteiger charge is 2.34. The van der Waals surface area contributed by atoms with E-state index in [9.17, 15) is 4.79 Å². The molecular formula is C25H29N5OS. The lowest BCUT2D eigenvalue weighted by molar-refractivity contribution is -0.116. The summed E-state index contributed by atoms with van der Waals surface area (Å²) in [6.07, 6.45) is 3.61. The third-order valence-corrected chi connectivity index (χ3v) is 6.26. The van der Waals surface area contributed by atoms with Gasteiger partial charge in [-0.05, 0) is 36.6 Å². The van der Waals surface area contributed by atoms with E-state index in [-0.39, 0.29) is 5.91 Å². The van der Waals surface area contributed by atoms with Crippen LogP contribution in [0.2, 0.25) is 0 Å².